The summed E-state index contributed by atoms with van der Waals surface area (Å²) in [5.41, 5.74) is 2.13. The van der Waals surface area contributed by atoms with Crippen LogP contribution >= 0.6 is 0 Å². The molecule has 1 aliphatic rings. The monoisotopic (exact) mass is 332 g/mol. The second kappa shape index (κ2) is 7.14. The lowest BCUT2D eigenvalue weighted by Crippen LogP contribution is -2.32. The maximum absolute atomic E-state index is 9.62. The smallest absolute Gasteiger partial charge is 0.189 e. The van der Waals surface area contributed by atoms with Crippen molar-refractivity contribution in [2.75, 3.05) is 13.1 Å². The van der Waals surface area contributed by atoms with Gasteiger partial charge in [0.1, 0.15) is 11.4 Å². The molecule has 2 heterocycles. The normalized spacial score (nSPS) is 21.3. The number of allylic oxidation sites excluding steroid dienone is 1. The third kappa shape index (κ3) is 3.09. The van der Waals surface area contributed by atoms with Crippen LogP contribution in [0, 0.1) is 11.3 Å². The Balaban J connectivity index is 2.30. The molecule has 0 saturated carbocycles. The zero-order valence-electron chi connectivity index (χ0n) is 14.6. The molecule has 6 heteroatoms. The van der Waals surface area contributed by atoms with Crippen LogP contribution in [0.4, 0.5) is 0 Å². The minimum absolute atomic E-state index is 0.254. The molecule has 1 aromatic heterocycles. The standard InChI is InChI=1S/C19H20N6/c1-4-24(5-2)19-14(3)11-15-13-21-25(16-9-7-6-8-10-16)18(15)17(12-20)22-23-19/h6-11,13H,4-5H2,1-3H3/b14-11?,15-11-,18-17+,19-14+,22-17?,23-19?,23-22-. The average Bonchev–Trinajstić information content (AvgIpc) is 3.04. The topological polar surface area (TPSA) is 69.6 Å². The fourth-order valence-corrected chi connectivity index (χ4v) is 2.90. The van der Waals surface area contributed by atoms with E-state index in [0.717, 1.165) is 35.4 Å². The molecule has 1 aliphatic heterocycles. The van der Waals surface area contributed by atoms with Gasteiger partial charge in [0.2, 0.25) is 0 Å². The molecule has 6 nitrogen and oxygen atoms in total. The molecule has 0 unspecified atom stereocenters. The SMILES string of the molecule is CCN(CC)C1=C(C)/C=c2/cnn(-c3ccccc3)/c2=C(C#N)/N=N\1. The minimum Gasteiger partial charge on any atom is -0.355 e. The van der Waals surface area contributed by atoms with Gasteiger partial charge in [-0.05, 0) is 44.6 Å². The summed E-state index contributed by atoms with van der Waals surface area (Å²) in [5.74, 6) is 0.788. The molecule has 0 N–H and O–H groups in total. The Hall–Kier alpha value is -3.20. The van der Waals surface area contributed by atoms with Crippen LogP contribution in [0.25, 0.3) is 17.5 Å². The number of nitriles is 1. The highest BCUT2D eigenvalue weighted by Gasteiger charge is 2.13. The molecule has 0 amide bonds. The van der Waals surface area contributed by atoms with Gasteiger partial charge >= 0.3 is 0 Å². The van der Waals surface area contributed by atoms with Crippen molar-refractivity contribution in [3.8, 4) is 11.8 Å². The predicted molar refractivity (Wildman–Crippen MR) is 96.8 cm³/mol. The molecule has 2 aromatic rings. The van der Waals surface area contributed by atoms with Gasteiger partial charge in [0, 0.05) is 18.3 Å². The lowest BCUT2D eigenvalue weighted by Gasteiger charge is -2.22. The summed E-state index contributed by atoms with van der Waals surface area (Å²) in [5, 5.41) is 24.2. The molecule has 0 radical (unpaired) electrons. The molecule has 0 aliphatic carbocycles. The first-order chi connectivity index (χ1) is 12.2. The number of hydrogen-bond donors (Lipinski definition) is 0. The van der Waals surface area contributed by atoms with Crippen LogP contribution in [-0.4, -0.2) is 27.8 Å². The Morgan fingerprint density at radius 3 is 2.48 bits per heavy atom. The van der Waals surface area contributed by atoms with Crippen molar-refractivity contribution in [1.82, 2.24) is 14.7 Å². The van der Waals surface area contributed by atoms with E-state index in [1.54, 1.807) is 10.9 Å². The van der Waals surface area contributed by atoms with E-state index in [1.807, 2.05) is 43.3 Å². The van der Waals surface area contributed by atoms with Gasteiger partial charge in [-0.1, -0.05) is 18.2 Å². The Morgan fingerprint density at radius 2 is 1.84 bits per heavy atom. The largest absolute Gasteiger partial charge is 0.355 e. The van der Waals surface area contributed by atoms with E-state index in [4.69, 9.17) is 0 Å². The van der Waals surface area contributed by atoms with E-state index in [1.165, 1.54) is 0 Å². The van der Waals surface area contributed by atoms with E-state index >= 15 is 0 Å². The Morgan fingerprint density at radius 1 is 1.12 bits per heavy atom. The predicted octanol–water partition coefficient (Wildman–Crippen LogP) is 2.32. The van der Waals surface area contributed by atoms with E-state index in [2.05, 4.69) is 40.1 Å². The fourth-order valence-electron chi connectivity index (χ4n) is 2.90. The molecule has 0 atom stereocenters. The van der Waals surface area contributed by atoms with Gasteiger partial charge in [-0.25, -0.2) is 4.68 Å². The molecule has 0 spiro atoms. The highest BCUT2D eigenvalue weighted by Crippen LogP contribution is 2.16. The summed E-state index contributed by atoms with van der Waals surface area (Å²) in [4.78, 5) is 2.12. The van der Waals surface area contributed by atoms with Crippen LogP contribution in [0.3, 0.4) is 0 Å². The van der Waals surface area contributed by atoms with Gasteiger partial charge in [-0.15, -0.1) is 10.2 Å². The van der Waals surface area contributed by atoms with Gasteiger partial charge < -0.3 is 4.90 Å². The van der Waals surface area contributed by atoms with Crippen molar-refractivity contribution < 1.29 is 0 Å². The molecule has 126 valence electrons. The summed E-state index contributed by atoms with van der Waals surface area (Å²) >= 11 is 0. The second-order valence-corrected chi connectivity index (χ2v) is 5.68. The average molecular weight is 332 g/mol. The van der Waals surface area contributed by atoms with E-state index in [0.29, 0.717) is 5.35 Å². The molecule has 1 aromatic carbocycles. The van der Waals surface area contributed by atoms with Crippen molar-refractivity contribution in [1.29, 1.82) is 5.26 Å². The molecule has 0 saturated heterocycles. The van der Waals surface area contributed by atoms with Crippen molar-refractivity contribution in [2.24, 2.45) is 10.2 Å². The molecule has 0 bridgehead atoms. The third-order valence-electron chi connectivity index (χ3n) is 4.16. The molecular weight excluding hydrogens is 312 g/mol. The molecular formula is C19H20N6. The Bertz CT molecular complexity index is 985. The van der Waals surface area contributed by atoms with Crippen LogP contribution in [0.5, 0.6) is 0 Å². The zero-order chi connectivity index (χ0) is 17.8. The maximum atomic E-state index is 9.62. The summed E-state index contributed by atoms with van der Waals surface area (Å²) in [7, 11) is 0. The van der Waals surface area contributed by atoms with Gasteiger partial charge in [0.05, 0.1) is 11.9 Å². The van der Waals surface area contributed by atoms with Crippen LogP contribution in [-0.2, 0) is 0 Å². The lowest BCUT2D eigenvalue weighted by molar-refractivity contribution is 0.372. The second-order valence-electron chi connectivity index (χ2n) is 5.68. The summed E-state index contributed by atoms with van der Waals surface area (Å²) < 4.78 is 1.74. The fraction of sp³-hybridized carbons (Fsp3) is 0.263. The first-order valence-electron chi connectivity index (χ1n) is 8.32. The first kappa shape index (κ1) is 16.7. The maximum Gasteiger partial charge on any atom is 0.189 e. The minimum atomic E-state index is 0.254. The summed E-state index contributed by atoms with van der Waals surface area (Å²) in [6.45, 7) is 7.81. The van der Waals surface area contributed by atoms with Gasteiger partial charge in [-0.3, -0.25) is 0 Å². The molecule has 0 fully saturated rings. The highest BCUT2D eigenvalue weighted by molar-refractivity contribution is 5.60. The molecule has 25 heavy (non-hydrogen) atoms. The van der Waals surface area contributed by atoms with Crippen molar-refractivity contribution >= 4 is 11.8 Å². The number of para-hydroxylation sites is 1. The van der Waals surface area contributed by atoms with Gasteiger partial charge in [0.15, 0.2) is 11.5 Å². The van der Waals surface area contributed by atoms with E-state index in [-0.39, 0.29) is 5.70 Å². The lowest BCUT2D eigenvalue weighted by atomic mass is 10.2. The number of fused-ring (bicyclic) bond motifs is 1. The zero-order valence-corrected chi connectivity index (χ0v) is 14.6. The van der Waals surface area contributed by atoms with Gasteiger partial charge in [0.25, 0.3) is 0 Å². The van der Waals surface area contributed by atoms with Crippen molar-refractivity contribution in [2.45, 2.75) is 20.8 Å². The van der Waals surface area contributed by atoms with Gasteiger partial charge in [-0.2, -0.15) is 10.4 Å². The van der Waals surface area contributed by atoms with Crippen molar-refractivity contribution in [3.63, 3.8) is 0 Å². The number of aromatic nitrogens is 2. The number of nitrogens with zero attached hydrogens (tertiary/aromatic N) is 6. The summed E-state index contributed by atoms with van der Waals surface area (Å²) in [6.07, 6.45) is 3.79. The summed E-state index contributed by atoms with van der Waals surface area (Å²) in [6, 6.07) is 11.9. The number of benzene rings is 1. The van der Waals surface area contributed by atoms with Crippen LogP contribution in [0.1, 0.15) is 20.8 Å². The Kier molecular flexibility index (Phi) is 4.75. The number of azo groups is 1. The quantitative estimate of drug-likeness (QED) is 0.863. The molecule has 3 rings (SSSR count). The van der Waals surface area contributed by atoms with Crippen LogP contribution < -0.4 is 10.6 Å². The highest BCUT2D eigenvalue weighted by atomic mass is 15.3. The Labute approximate surface area is 146 Å². The van der Waals surface area contributed by atoms with E-state index < -0.39 is 0 Å². The van der Waals surface area contributed by atoms with Crippen molar-refractivity contribution in [3.05, 3.63) is 58.5 Å². The van der Waals surface area contributed by atoms with Crippen LogP contribution in [0.2, 0.25) is 0 Å². The number of hydrogen-bond acceptors (Lipinski definition) is 5. The first-order valence-corrected chi connectivity index (χ1v) is 8.32. The third-order valence-corrected chi connectivity index (χ3v) is 4.16. The van der Waals surface area contributed by atoms with Crippen LogP contribution in [0.15, 0.2) is 58.2 Å². The van der Waals surface area contributed by atoms with E-state index in [9.17, 15) is 5.26 Å². The number of rotatable bonds is 4.